The maximum atomic E-state index is 7.00. The summed E-state index contributed by atoms with van der Waals surface area (Å²) in [5.74, 6) is 1.62. The molecule has 0 radical (unpaired) electrons. The number of H-pyrrole nitrogens is 1. The lowest BCUT2D eigenvalue weighted by atomic mass is 9.74. The molecule has 3 aliphatic rings. The molecule has 2 heterocycles. The fourth-order valence-corrected chi connectivity index (χ4v) is 9.19. The summed E-state index contributed by atoms with van der Waals surface area (Å²) in [5, 5.41) is 0.585. The van der Waals surface area contributed by atoms with Gasteiger partial charge in [0, 0.05) is 30.5 Å². The van der Waals surface area contributed by atoms with Crippen LogP contribution in [0.2, 0.25) is 5.15 Å². The average molecular weight is 730 g/mol. The van der Waals surface area contributed by atoms with E-state index in [1.54, 1.807) is 0 Å². The molecule has 1 fully saturated rings. The molecule has 0 spiro atoms. The topological polar surface area (TPSA) is 76.8 Å². The van der Waals surface area contributed by atoms with Crippen molar-refractivity contribution < 1.29 is 0 Å². The minimum absolute atomic E-state index is 0.0394. The first-order chi connectivity index (χ1) is 25.6. The lowest BCUT2D eigenvalue weighted by molar-refractivity contribution is 0.239. The Morgan fingerprint density at radius 2 is 1.68 bits per heavy atom. The van der Waals surface area contributed by atoms with Crippen LogP contribution in [0.25, 0.3) is 22.4 Å². The van der Waals surface area contributed by atoms with E-state index in [2.05, 4.69) is 110 Å². The number of halogens is 1. The summed E-state index contributed by atoms with van der Waals surface area (Å²) in [6.07, 6.45) is 8.18. The van der Waals surface area contributed by atoms with Crippen molar-refractivity contribution in [3.05, 3.63) is 123 Å². The standard InChI is InChI=1S/C45H56ClN7/c1-8-20-53(30(5)43(52(7)29(4)9-2)37-14-11-10-13-28(37)3)27-39-49-42(44(46)50-39)36-24-34-18-16-32-22-31(26-48-45(47)38-15-12-21-51(38)6)23-33-17-19-35(25-36)41(34)40(32)33/h10-11,13-14,22-25,38,43H,4-5,8-9,12,15-21,26-27H2,1-3,6-7H3,(H2,47,48)(H,49,50). The summed E-state index contributed by atoms with van der Waals surface area (Å²) in [6, 6.07) is 18.3. The van der Waals surface area contributed by atoms with Crippen LogP contribution in [-0.2, 0) is 38.8 Å². The van der Waals surface area contributed by atoms with Crippen LogP contribution >= 0.6 is 11.6 Å². The molecule has 7 rings (SSSR count). The first kappa shape index (κ1) is 37.0. The molecule has 53 heavy (non-hydrogen) atoms. The van der Waals surface area contributed by atoms with E-state index in [1.165, 1.54) is 56.5 Å². The number of rotatable bonds is 14. The van der Waals surface area contributed by atoms with Gasteiger partial charge in [0.2, 0.25) is 0 Å². The number of nitrogens with two attached hydrogens (primary N) is 1. The molecule has 1 saturated heterocycles. The average Bonchev–Trinajstić information content (AvgIpc) is 3.76. The Kier molecular flexibility index (Phi) is 10.9. The quantitative estimate of drug-likeness (QED) is 0.100. The summed E-state index contributed by atoms with van der Waals surface area (Å²) in [6.45, 7) is 18.8. The van der Waals surface area contributed by atoms with Crippen molar-refractivity contribution in [2.24, 2.45) is 10.7 Å². The summed E-state index contributed by atoms with van der Waals surface area (Å²) in [7, 11) is 4.28. The predicted octanol–water partition coefficient (Wildman–Crippen LogP) is 9.18. The van der Waals surface area contributed by atoms with Crippen molar-refractivity contribution in [3.63, 3.8) is 0 Å². The summed E-state index contributed by atoms with van der Waals surface area (Å²) >= 11 is 7.00. The van der Waals surface area contributed by atoms with Gasteiger partial charge in [-0.15, -0.1) is 0 Å². The second-order valence-corrected chi connectivity index (χ2v) is 15.8. The monoisotopic (exact) mass is 729 g/mol. The van der Waals surface area contributed by atoms with E-state index in [-0.39, 0.29) is 12.1 Å². The third kappa shape index (κ3) is 7.30. The van der Waals surface area contributed by atoms with Crippen LogP contribution in [0.1, 0.15) is 90.3 Å². The number of nitrogens with zero attached hydrogens (tertiary/aromatic N) is 5. The van der Waals surface area contributed by atoms with Crippen LogP contribution in [0.15, 0.2) is 78.1 Å². The third-order valence-electron chi connectivity index (χ3n) is 11.9. The zero-order valence-corrected chi connectivity index (χ0v) is 33.1. The Balaban J connectivity index is 1.14. The lowest BCUT2D eigenvalue weighted by Crippen LogP contribution is -2.38. The fraction of sp³-hybridized carbons (Fsp3) is 0.422. The molecule has 4 aromatic rings. The van der Waals surface area contributed by atoms with E-state index < -0.39 is 0 Å². The molecule has 2 unspecified atom stereocenters. The molecule has 0 amide bonds. The minimum Gasteiger partial charge on any atom is -0.386 e. The number of aryl methyl sites for hydroxylation is 5. The lowest BCUT2D eigenvalue weighted by Gasteiger charge is -2.39. The highest BCUT2D eigenvalue weighted by Gasteiger charge is 2.30. The van der Waals surface area contributed by atoms with Gasteiger partial charge in [-0.2, -0.15) is 0 Å². The maximum Gasteiger partial charge on any atom is 0.134 e. The zero-order chi connectivity index (χ0) is 37.4. The number of amidine groups is 1. The van der Waals surface area contributed by atoms with Gasteiger partial charge in [0.05, 0.1) is 25.2 Å². The third-order valence-corrected chi connectivity index (χ3v) is 12.1. The Hall–Kier alpha value is -4.33. The van der Waals surface area contributed by atoms with Crippen LogP contribution in [0.4, 0.5) is 0 Å². The van der Waals surface area contributed by atoms with Crippen molar-refractivity contribution >= 4 is 17.4 Å². The van der Waals surface area contributed by atoms with Gasteiger partial charge in [0.25, 0.3) is 0 Å². The number of aromatic nitrogens is 2. The number of aliphatic imine (C=N–C) groups is 1. The van der Waals surface area contributed by atoms with Crippen molar-refractivity contribution in [1.29, 1.82) is 0 Å². The van der Waals surface area contributed by atoms with Crippen LogP contribution in [0.5, 0.6) is 0 Å². The second kappa shape index (κ2) is 15.6. The normalized spacial score (nSPS) is 17.1. The zero-order valence-electron chi connectivity index (χ0n) is 32.4. The van der Waals surface area contributed by atoms with E-state index in [1.807, 2.05) is 0 Å². The van der Waals surface area contributed by atoms with Crippen molar-refractivity contribution in [3.8, 4) is 22.4 Å². The Morgan fingerprint density at radius 3 is 2.26 bits per heavy atom. The van der Waals surface area contributed by atoms with Gasteiger partial charge in [0.1, 0.15) is 22.5 Å². The van der Waals surface area contributed by atoms with Gasteiger partial charge in [-0.1, -0.05) is 75.0 Å². The van der Waals surface area contributed by atoms with Crippen LogP contribution < -0.4 is 5.73 Å². The second-order valence-electron chi connectivity index (χ2n) is 15.4. The van der Waals surface area contributed by atoms with Crippen LogP contribution in [-0.4, -0.2) is 63.7 Å². The molecule has 7 nitrogen and oxygen atoms in total. The molecule has 278 valence electrons. The molecule has 0 saturated carbocycles. The van der Waals surface area contributed by atoms with E-state index in [9.17, 15) is 0 Å². The van der Waals surface area contributed by atoms with Crippen molar-refractivity contribution in [1.82, 2.24) is 24.7 Å². The number of hydrogen-bond donors (Lipinski definition) is 2. The Bertz CT molecular complexity index is 2010. The molecule has 2 aliphatic carbocycles. The molecule has 3 N–H and O–H groups in total. The SMILES string of the molecule is C=C(C(c1ccccc1C)N(C)C(=C)CC)N(CCC)Cc1nc(-c2cc3c4c(c2)CCc2cc(CN=C(N)C5CCCN5C)cc(c2-4)CC3)c(Cl)[nH]1. The minimum atomic E-state index is -0.0394. The first-order valence-electron chi connectivity index (χ1n) is 19.5. The molecule has 0 bridgehead atoms. The fourth-order valence-electron chi connectivity index (χ4n) is 8.93. The molecular formula is C45H56ClN7. The number of allylic oxidation sites excluding steroid dienone is 1. The van der Waals surface area contributed by atoms with E-state index in [4.69, 9.17) is 33.9 Å². The van der Waals surface area contributed by atoms with Gasteiger partial charge in [-0.05, 0) is 134 Å². The smallest absolute Gasteiger partial charge is 0.134 e. The Morgan fingerprint density at radius 1 is 1.04 bits per heavy atom. The molecule has 8 heteroatoms. The van der Waals surface area contributed by atoms with Gasteiger partial charge < -0.3 is 20.5 Å². The van der Waals surface area contributed by atoms with Gasteiger partial charge >= 0.3 is 0 Å². The number of benzene rings is 3. The molecule has 1 aliphatic heterocycles. The number of nitrogens with one attached hydrogen (secondary N) is 1. The number of likely N-dealkylation sites (tertiary alicyclic amines) is 1. The first-order valence-corrected chi connectivity index (χ1v) is 19.9. The molecular weight excluding hydrogens is 674 g/mol. The summed E-state index contributed by atoms with van der Waals surface area (Å²) in [4.78, 5) is 20.4. The van der Waals surface area contributed by atoms with Crippen LogP contribution in [0.3, 0.4) is 0 Å². The van der Waals surface area contributed by atoms with E-state index >= 15 is 0 Å². The van der Waals surface area contributed by atoms with Crippen molar-refractivity contribution in [2.75, 3.05) is 27.2 Å². The van der Waals surface area contributed by atoms with Crippen LogP contribution in [0, 0.1) is 6.92 Å². The molecule has 1 aromatic heterocycles. The highest BCUT2D eigenvalue weighted by Crippen LogP contribution is 2.45. The summed E-state index contributed by atoms with van der Waals surface area (Å²) < 4.78 is 0. The van der Waals surface area contributed by atoms with E-state index in [0.717, 1.165) is 92.3 Å². The largest absolute Gasteiger partial charge is 0.386 e. The van der Waals surface area contributed by atoms with E-state index in [0.29, 0.717) is 18.2 Å². The van der Waals surface area contributed by atoms with Gasteiger partial charge in [0.15, 0.2) is 0 Å². The highest BCUT2D eigenvalue weighted by atomic mass is 35.5. The predicted molar refractivity (Wildman–Crippen MR) is 221 cm³/mol. The summed E-state index contributed by atoms with van der Waals surface area (Å²) in [5.41, 5.74) is 22.8. The maximum absolute atomic E-state index is 7.00. The highest BCUT2D eigenvalue weighted by molar-refractivity contribution is 6.32. The number of aromatic amines is 1. The number of likely N-dealkylation sites (N-methyl/N-ethyl adjacent to an activating group) is 2. The van der Waals surface area contributed by atoms with Gasteiger partial charge in [-0.3, -0.25) is 9.89 Å². The molecule has 3 aromatic carbocycles. The number of imidazole rings is 1. The Labute approximate surface area is 321 Å². The molecule has 2 atom stereocenters. The number of hydrogen-bond acceptors (Lipinski definition) is 5. The van der Waals surface area contributed by atoms with Gasteiger partial charge in [-0.25, -0.2) is 4.98 Å². The van der Waals surface area contributed by atoms with Crippen molar-refractivity contribution in [2.45, 2.75) is 97.3 Å².